The van der Waals surface area contributed by atoms with Crippen LogP contribution < -0.4 is 11.3 Å². The average molecular weight is 252 g/mol. The van der Waals surface area contributed by atoms with Gasteiger partial charge in [-0.1, -0.05) is 6.92 Å². The van der Waals surface area contributed by atoms with Crippen LogP contribution in [0.3, 0.4) is 0 Å². The van der Waals surface area contributed by atoms with Gasteiger partial charge in [0.2, 0.25) is 0 Å². The molecule has 0 spiro atoms. The zero-order valence-electron chi connectivity index (χ0n) is 8.97. The summed E-state index contributed by atoms with van der Waals surface area (Å²) >= 11 is 1.51. The molecule has 0 saturated carbocycles. The van der Waals surface area contributed by atoms with E-state index in [1.165, 1.54) is 11.3 Å². The molecule has 0 aromatic carbocycles. The first-order valence-electron chi connectivity index (χ1n) is 5.07. The summed E-state index contributed by atoms with van der Waals surface area (Å²) < 4.78 is 36.2. The first kappa shape index (κ1) is 13.5. The third-order valence-corrected chi connectivity index (χ3v) is 3.64. The molecule has 2 nitrogen and oxygen atoms in total. The quantitative estimate of drug-likeness (QED) is 0.624. The molecule has 1 aromatic rings. The molecule has 1 atom stereocenters. The van der Waals surface area contributed by atoms with Crippen LogP contribution in [0.25, 0.3) is 0 Å². The van der Waals surface area contributed by atoms with Crippen LogP contribution in [0.5, 0.6) is 0 Å². The summed E-state index contributed by atoms with van der Waals surface area (Å²) in [7, 11) is 0. The molecule has 1 rings (SSSR count). The van der Waals surface area contributed by atoms with Crippen molar-refractivity contribution >= 4 is 11.3 Å². The highest BCUT2D eigenvalue weighted by atomic mass is 32.1. The molecule has 0 fully saturated rings. The second kappa shape index (κ2) is 5.65. The van der Waals surface area contributed by atoms with E-state index in [1.807, 2.05) is 19.1 Å². The topological polar surface area (TPSA) is 38.0 Å². The molecular weight excluding hydrogens is 237 g/mol. The molecular formula is C10H15F3N2S. The molecule has 0 aliphatic carbocycles. The van der Waals surface area contributed by atoms with Gasteiger partial charge in [0, 0.05) is 16.2 Å². The summed E-state index contributed by atoms with van der Waals surface area (Å²) in [5, 5.41) is 0. The molecule has 16 heavy (non-hydrogen) atoms. The van der Waals surface area contributed by atoms with Gasteiger partial charge in [-0.25, -0.2) is 0 Å². The second-order valence-electron chi connectivity index (χ2n) is 3.53. The van der Waals surface area contributed by atoms with Crippen molar-refractivity contribution in [2.24, 2.45) is 5.84 Å². The van der Waals surface area contributed by atoms with Crippen molar-refractivity contribution in [2.45, 2.75) is 38.4 Å². The number of hydrogen-bond acceptors (Lipinski definition) is 3. The maximum atomic E-state index is 12.1. The lowest BCUT2D eigenvalue weighted by Crippen LogP contribution is -2.28. The lowest BCUT2D eigenvalue weighted by molar-refractivity contribution is -0.136. The van der Waals surface area contributed by atoms with Crippen molar-refractivity contribution in [1.29, 1.82) is 0 Å². The van der Waals surface area contributed by atoms with Gasteiger partial charge in [0.05, 0.1) is 6.04 Å². The van der Waals surface area contributed by atoms with Crippen LogP contribution in [-0.4, -0.2) is 6.18 Å². The highest BCUT2D eigenvalue weighted by molar-refractivity contribution is 7.12. The molecule has 6 heteroatoms. The third kappa shape index (κ3) is 4.11. The molecule has 92 valence electrons. The Bertz CT molecular complexity index is 322. The Hall–Kier alpha value is -0.590. The fourth-order valence-corrected chi connectivity index (χ4v) is 2.43. The van der Waals surface area contributed by atoms with Crippen LogP contribution in [0.1, 0.15) is 35.6 Å². The van der Waals surface area contributed by atoms with Crippen molar-refractivity contribution in [1.82, 2.24) is 5.43 Å². The van der Waals surface area contributed by atoms with Gasteiger partial charge in [-0.05, 0) is 25.0 Å². The van der Waals surface area contributed by atoms with E-state index in [4.69, 9.17) is 5.84 Å². The Balaban J connectivity index is 2.60. The number of aryl methyl sites for hydroxylation is 1. The second-order valence-corrected chi connectivity index (χ2v) is 4.73. The molecule has 3 N–H and O–H groups in total. The van der Waals surface area contributed by atoms with Crippen molar-refractivity contribution < 1.29 is 13.2 Å². The molecule has 0 saturated heterocycles. The highest BCUT2D eigenvalue weighted by Crippen LogP contribution is 2.30. The summed E-state index contributed by atoms with van der Waals surface area (Å²) in [6.07, 6.45) is -4.08. The number of rotatable bonds is 5. The Morgan fingerprint density at radius 2 is 2.12 bits per heavy atom. The Labute approximate surface area is 96.6 Å². The van der Waals surface area contributed by atoms with Crippen LogP contribution in [0, 0.1) is 0 Å². The van der Waals surface area contributed by atoms with E-state index in [1.54, 1.807) is 0 Å². The molecule has 0 bridgehead atoms. The van der Waals surface area contributed by atoms with Gasteiger partial charge in [-0.3, -0.25) is 11.3 Å². The number of alkyl halides is 3. The van der Waals surface area contributed by atoms with E-state index in [2.05, 4.69) is 5.43 Å². The first-order valence-corrected chi connectivity index (χ1v) is 5.89. The van der Waals surface area contributed by atoms with E-state index >= 15 is 0 Å². The number of halogens is 3. The summed E-state index contributed by atoms with van der Waals surface area (Å²) in [6, 6.07) is 3.36. The van der Waals surface area contributed by atoms with E-state index < -0.39 is 18.6 Å². The molecule has 0 amide bonds. The van der Waals surface area contributed by atoms with Gasteiger partial charge in [0.1, 0.15) is 0 Å². The van der Waals surface area contributed by atoms with Gasteiger partial charge in [-0.2, -0.15) is 13.2 Å². The Morgan fingerprint density at radius 3 is 2.56 bits per heavy atom. The van der Waals surface area contributed by atoms with Gasteiger partial charge in [-0.15, -0.1) is 11.3 Å². The SMILES string of the molecule is CCc1ccc(C(CCC(F)(F)F)NN)s1. The zero-order valence-corrected chi connectivity index (χ0v) is 9.79. The van der Waals surface area contributed by atoms with Crippen molar-refractivity contribution in [3.05, 3.63) is 21.9 Å². The van der Waals surface area contributed by atoms with Crippen LogP contribution in [-0.2, 0) is 6.42 Å². The van der Waals surface area contributed by atoms with Gasteiger partial charge < -0.3 is 0 Å². The highest BCUT2D eigenvalue weighted by Gasteiger charge is 2.28. The summed E-state index contributed by atoms with van der Waals surface area (Å²) in [5.74, 6) is 5.27. The molecule has 1 heterocycles. The predicted molar refractivity (Wildman–Crippen MR) is 59.1 cm³/mol. The van der Waals surface area contributed by atoms with Crippen molar-refractivity contribution in [3.63, 3.8) is 0 Å². The van der Waals surface area contributed by atoms with E-state index in [9.17, 15) is 13.2 Å². The van der Waals surface area contributed by atoms with Crippen LogP contribution >= 0.6 is 11.3 Å². The van der Waals surface area contributed by atoms with Gasteiger partial charge in [0.15, 0.2) is 0 Å². The summed E-state index contributed by atoms with van der Waals surface area (Å²) in [4.78, 5) is 2.02. The van der Waals surface area contributed by atoms with Crippen molar-refractivity contribution in [2.75, 3.05) is 0 Å². The van der Waals surface area contributed by atoms with Crippen LogP contribution in [0.4, 0.5) is 13.2 Å². The van der Waals surface area contributed by atoms with E-state index in [-0.39, 0.29) is 6.42 Å². The largest absolute Gasteiger partial charge is 0.389 e. The minimum Gasteiger partial charge on any atom is -0.271 e. The number of nitrogens with one attached hydrogen (secondary N) is 1. The minimum absolute atomic E-state index is 0.0241. The normalized spacial score (nSPS) is 14.1. The lowest BCUT2D eigenvalue weighted by Gasteiger charge is -2.15. The van der Waals surface area contributed by atoms with Gasteiger partial charge in [0.25, 0.3) is 0 Å². The predicted octanol–water partition coefficient (Wildman–Crippen LogP) is 3.16. The fourth-order valence-electron chi connectivity index (χ4n) is 1.39. The average Bonchev–Trinajstić information content (AvgIpc) is 2.65. The smallest absolute Gasteiger partial charge is 0.271 e. The maximum Gasteiger partial charge on any atom is 0.389 e. The van der Waals surface area contributed by atoms with Crippen LogP contribution in [0.15, 0.2) is 12.1 Å². The number of hydrogen-bond donors (Lipinski definition) is 2. The molecule has 1 aromatic heterocycles. The maximum absolute atomic E-state index is 12.1. The molecule has 0 aliphatic heterocycles. The van der Waals surface area contributed by atoms with Crippen molar-refractivity contribution in [3.8, 4) is 0 Å². The first-order chi connectivity index (χ1) is 7.46. The Morgan fingerprint density at radius 1 is 1.44 bits per heavy atom. The van der Waals surface area contributed by atoms with Crippen LogP contribution in [0.2, 0.25) is 0 Å². The Kier molecular flexibility index (Phi) is 4.76. The molecule has 0 aliphatic rings. The number of nitrogens with two attached hydrogens (primary N) is 1. The standard InChI is InChI=1S/C10H15F3N2S/c1-2-7-3-4-9(16-7)8(15-14)5-6-10(11,12)13/h3-4,8,15H,2,5-6,14H2,1H3. The van der Waals surface area contributed by atoms with E-state index in [0.29, 0.717) is 0 Å². The minimum atomic E-state index is -4.13. The zero-order chi connectivity index (χ0) is 12.2. The summed E-state index contributed by atoms with van der Waals surface area (Å²) in [6.45, 7) is 2.01. The fraction of sp³-hybridized carbons (Fsp3) is 0.600. The van der Waals surface area contributed by atoms with E-state index in [0.717, 1.165) is 16.2 Å². The number of thiophene rings is 1. The lowest BCUT2D eigenvalue weighted by atomic mass is 10.1. The molecule has 0 radical (unpaired) electrons. The third-order valence-electron chi connectivity index (χ3n) is 2.29. The summed E-state index contributed by atoms with van der Waals surface area (Å²) in [5.41, 5.74) is 2.44. The monoisotopic (exact) mass is 252 g/mol. The van der Waals surface area contributed by atoms with Gasteiger partial charge >= 0.3 is 6.18 Å². The molecule has 1 unspecified atom stereocenters. The number of hydrazine groups is 1.